The average Bonchev–Trinajstić information content (AvgIpc) is 3.29. The van der Waals surface area contributed by atoms with Crippen molar-refractivity contribution >= 4 is 6.03 Å². The van der Waals surface area contributed by atoms with Gasteiger partial charge in [-0.25, -0.2) is 4.79 Å². The van der Waals surface area contributed by atoms with Crippen LogP contribution in [0.3, 0.4) is 0 Å². The molecule has 0 bridgehead atoms. The van der Waals surface area contributed by atoms with E-state index >= 15 is 0 Å². The summed E-state index contributed by atoms with van der Waals surface area (Å²) >= 11 is 0. The standard InChI is InChI=1S/C26H41N5O8/c1-14(2)20-18(24(30-29-20)39-25-23(35)22(34)21(33)19(12-32)38-25)11-16-6-7-17(10-15(16)3)37-9-8-27-26(36)28-13-31(4)5/h6-7,10,14,19,21-23,25,32-35H,8-9,11-13H2,1-5H3,(H,29,30)(H2,27,28,36)/t19-,21-,22+,23-,25+/m1/s1. The fourth-order valence-electron chi connectivity index (χ4n) is 4.15. The molecule has 13 nitrogen and oxygen atoms in total. The van der Waals surface area contributed by atoms with Gasteiger partial charge in [0.15, 0.2) is 0 Å². The number of amides is 2. The summed E-state index contributed by atoms with van der Waals surface area (Å²) in [5, 5.41) is 52.8. The smallest absolute Gasteiger partial charge is 0.315 e. The van der Waals surface area contributed by atoms with E-state index in [9.17, 15) is 25.2 Å². The van der Waals surface area contributed by atoms with Crippen LogP contribution < -0.4 is 20.1 Å². The normalized spacial score (nSPS) is 23.2. The van der Waals surface area contributed by atoms with E-state index in [0.717, 1.165) is 22.4 Å². The zero-order chi connectivity index (χ0) is 28.7. The molecule has 0 spiro atoms. The fraction of sp³-hybridized carbons (Fsp3) is 0.615. The number of H-pyrrole nitrogens is 1. The van der Waals surface area contributed by atoms with E-state index in [-0.39, 0.29) is 17.8 Å². The van der Waals surface area contributed by atoms with Crippen LogP contribution in [0.1, 0.15) is 42.1 Å². The van der Waals surface area contributed by atoms with Gasteiger partial charge in [0.05, 0.1) is 19.8 Å². The monoisotopic (exact) mass is 551 g/mol. The lowest BCUT2D eigenvalue weighted by Crippen LogP contribution is -2.60. The van der Waals surface area contributed by atoms with Gasteiger partial charge in [-0.05, 0) is 50.2 Å². The third-order valence-electron chi connectivity index (χ3n) is 6.41. The minimum absolute atomic E-state index is 0.0880. The quantitative estimate of drug-likeness (QED) is 0.138. The van der Waals surface area contributed by atoms with Crippen molar-refractivity contribution in [1.82, 2.24) is 25.7 Å². The molecule has 1 aliphatic heterocycles. The molecule has 1 aliphatic rings. The number of nitrogens with zero attached hydrogens (tertiary/aromatic N) is 2. The van der Waals surface area contributed by atoms with Gasteiger partial charge in [-0.1, -0.05) is 19.9 Å². The van der Waals surface area contributed by atoms with E-state index in [1.165, 1.54) is 0 Å². The maximum Gasteiger partial charge on any atom is 0.315 e. The lowest BCUT2D eigenvalue weighted by Gasteiger charge is -2.39. The second kappa shape index (κ2) is 13.9. The van der Waals surface area contributed by atoms with E-state index in [4.69, 9.17) is 14.2 Å². The van der Waals surface area contributed by atoms with Gasteiger partial charge in [0.1, 0.15) is 36.8 Å². The molecule has 2 aromatic rings. The Morgan fingerprint density at radius 2 is 1.92 bits per heavy atom. The lowest BCUT2D eigenvalue weighted by atomic mass is 9.96. The van der Waals surface area contributed by atoms with Gasteiger partial charge in [-0.2, -0.15) is 0 Å². The van der Waals surface area contributed by atoms with Crippen molar-refractivity contribution < 1.29 is 39.4 Å². The Balaban J connectivity index is 1.66. The molecule has 0 aliphatic carbocycles. The van der Waals surface area contributed by atoms with Crippen LogP contribution in [0.2, 0.25) is 0 Å². The summed E-state index contributed by atoms with van der Waals surface area (Å²) in [6.45, 7) is 6.53. The molecular weight excluding hydrogens is 510 g/mol. The highest BCUT2D eigenvalue weighted by Crippen LogP contribution is 2.32. The first kappa shape index (κ1) is 30.6. The predicted octanol–water partition coefficient (Wildman–Crippen LogP) is -0.192. The maximum absolute atomic E-state index is 11.7. The molecule has 0 radical (unpaired) electrons. The second-order valence-electron chi connectivity index (χ2n) is 10.2. The molecule has 0 unspecified atom stereocenters. The van der Waals surface area contributed by atoms with Gasteiger partial charge in [-0.3, -0.25) is 10.00 Å². The molecule has 1 saturated heterocycles. The van der Waals surface area contributed by atoms with E-state index in [0.29, 0.717) is 32.0 Å². The predicted molar refractivity (Wildman–Crippen MR) is 142 cm³/mol. The van der Waals surface area contributed by atoms with Crippen molar-refractivity contribution in [1.29, 1.82) is 0 Å². The van der Waals surface area contributed by atoms with Crippen molar-refractivity contribution in [2.24, 2.45) is 0 Å². The molecule has 3 rings (SSSR count). The molecule has 13 heteroatoms. The first-order valence-corrected chi connectivity index (χ1v) is 12.9. The molecule has 39 heavy (non-hydrogen) atoms. The largest absolute Gasteiger partial charge is 0.492 e. The van der Waals surface area contributed by atoms with Crippen LogP contribution in [0, 0.1) is 6.92 Å². The zero-order valence-electron chi connectivity index (χ0n) is 23.0. The number of nitrogens with one attached hydrogen (secondary N) is 3. The summed E-state index contributed by atoms with van der Waals surface area (Å²) in [5.74, 6) is 0.951. The van der Waals surface area contributed by atoms with Gasteiger partial charge < -0.3 is 45.3 Å². The molecule has 2 heterocycles. The fourth-order valence-corrected chi connectivity index (χ4v) is 4.15. The Bertz CT molecular complexity index is 1080. The minimum Gasteiger partial charge on any atom is -0.492 e. The minimum atomic E-state index is -1.55. The van der Waals surface area contributed by atoms with Crippen LogP contribution in [0.15, 0.2) is 18.2 Å². The van der Waals surface area contributed by atoms with Crippen LogP contribution in [0.4, 0.5) is 4.79 Å². The molecule has 1 aromatic carbocycles. The molecule has 7 N–H and O–H groups in total. The Labute approximate surface area is 228 Å². The van der Waals surface area contributed by atoms with E-state index < -0.39 is 37.3 Å². The molecule has 1 fully saturated rings. The van der Waals surface area contributed by atoms with Gasteiger partial charge in [0.25, 0.3) is 0 Å². The summed E-state index contributed by atoms with van der Waals surface area (Å²) in [7, 11) is 3.72. The molecule has 5 atom stereocenters. The number of aromatic nitrogens is 2. The first-order valence-electron chi connectivity index (χ1n) is 12.9. The van der Waals surface area contributed by atoms with Gasteiger partial charge in [0, 0.05) is 17.7 Å². The third kappa shape index (κ3) is 8.03. The van der Waals surface area contributed by atoms with E-state index in [2.05, 4.69) is 20.8 Å². The Morgan fingerprint density at radius 3 is 2.56 bits per heavy atom. The number of ether oxygens (including phenoxy) is 3. The van der Waals surface area contributed by atoms with Gasteiger partial charge in [0.2, 0.25) is 12.2 Å². The summed E-state index contributed by atoms with van der Waals surface area (Å²) in [6.07, 6.45) is -6.53. The van der Waals surface area contributed by atoms with E-state index in [1.807, 2.05) is 58.0 Å². The number of rotatable bonds is 12. The number of hydrogen-bond acceptors (Lipinski definition) is 10. The SMILES string of the molecule is Cc1cc(OCCNC(=O)NCN(C)C)ccc1Cc1c(O[C@@H]2O[C@H](CO)[C@@H](O)[C@H](O)[C@H]2O)n[nH]c1C(C)C. The third-order valence-corrected chi connectivity index (χ3v) is 6.41. The number of carbonyl (C=O) groups excluding carboxylic acids is 1. The summed E-state index contributed by atoms with van der Waals surface area (Å²) in [4.78, 5) is 13.6. The number of aromatic amines is 1. The van der Waals surface area contributed by atoms with Crippen LogP contribution in [-0.4, -0.2) is 113 Å². The van der Waals surface area contributed by atoms with Crippen molar-refractivity contribution in [3.63, 3.8) is 0 Å². The highest BCUT2D eigenvalue weighted by molar-refractivity contribution is 5.73. The summed E-state index contributed by atoms with van der Waals surface area (Å²) < 4.78 is 17.2. The number of aliphatic hydroxyl groups is 4. The van der Waals surface area contributed by atoms with Gasteiger partial charge >= 0.3 is 6.03 Å². The number of aliphatic hydroxyl groups excluding tert-OH is 4. The highest BCUT2D eigenvalue weighted by Gasteiger charge is 2.45. The second-order valence-corrected chi connectivity index (χ2v) is 10.2. The molecule has 0 saturated carbocycles. The molecule has 1 aromatic heterocycles. The van der Waals surface area contributed by atoms with Crippen LogP contribution in [-0.2, 0) is 11.2 Å². The van der Waals surface area contributed by atoms with Crippen molar-refractivity contribution in [3.8, 4) is 11.6 Å². The zero-order valence-corrected chi connectivity index (χ0v) is 23.0. The van der Waals surface area contributed by atoms with E-state index in [1.54, 1.807) is 0 Å². The number of benzene rings is 1. The molecular formula is C26H41N5O8. The summed E-state index contributed by atoms with van der Waals surface area (Å²) in [6, 6.07) is 5.44. The Morgan fingerprint density at radius 1 is 1.18 bits per heavy atom. The average molecular weight is 552 g/mol. The van der Waals surface area contributed by atoms with Gasteiger partial charge in [-0.15, -0.1) is 5.10 Å². The molecule has 218 valence electrons. The number of aryl methyl sites for hydroxylation is 1. The highest BCUT2D eigenvalue weighted by atomic mass is 16.7. The lowest BCUT2D eigenvalue weighted by molar-refractivity contribution is -0.278. The van der Waals surface area contributed by atoms with Crippen molar-refractivity contribution in [3.05, 3.63) is 40.6 Å². The van der Waals surface area contributed by atoms with Crippen molar-refractivity contribution in [2.45, 2.75) is 63.8 Å². The molecule has 2 amide bonds. The van der Waals surface area contributed by atoms with Crippen molar-refractivity contribution in [2.75, 3.05) is 40.5 Å². The number of carbonyl (C=O) groups is 1. The maximum atomic E-state index is 11.7. The first-order chi connectivity index (χ1) is 18.5. The Hall–Kier alpha value is -2.94. The van der Waals surface area contributed by atoms with Crippen LogP contribution in [0.5, 0.6) is 11.6 Å². The topological polar surface area (TPSA) is 182 Å². The summed E-state index contributed by atoms with van der Waals surface area (Å²) in [5.41, 5.74) is 3.56. The number of urea groups is 1. The Kier molecular flexibility index (Phi) is 10.9. The van der Waals surface area contributed by atoms with Crippen LogP contribution >= 0.6 is 0 Å². The number of hydrogen-bond donors (Lipinski definition) is 7. The van der Waals surface area contributed by atoms with Crippen LogP contribution in [0.25, 0.3) is 0 Å².